The zero-order valence-corrected chi connectivity index (χ0v) is 12.8. The molecule has 6 heteroatoms. The monoisotopic (exact) mass is 320 g/mol. The van der Waals surface area contributed by atoms with E-state index in [1.807, 2.05) is 24.3 Å². The summed E-state index contributed by atoms with van der Waals surface area (Å²) >= 11 is 5.98. The van der Waals surface area contributed by atoms with Gasteiger partial charge in [0.05, 0.1) is 18.7 Å². The van der Waals surface area contributed by atoms with Gasteiger partial charge in [-0.15, -0.1) is 0 Å². The van der Waals surface area contributed by atoms with Gasteiger partial charge in [0.15, 0.2) is 5.76 Å². The number of oxazole rings is 1. The molecule has 1 aromatic carbocycles. The third-order valence-corrected chi connectivity index (χ3v) is 4.19. The Labute approximate surface area is 133 Å². The Bertz CT molecular complexity index is 663. The summed E-state index contributed by atoms with van der Waals surface area (Å²) in [7, 11) is 0. The van der Waals surface area contributed by atoms with Crippen LogP contribution in [0.25, 0.3) is 11.3 Å². The van der Waals surface area contributed by atoms with Gasteiger partial charge >= 0.3 is 5.97 Å². The second-order valence-electron chi connectivity index (χ2n) is 5.52. The Morgan fingerprint density at radius 2 is 2.18 bits per heavy atom. The van der Waals surface area contributed by atoms with Crippen LogP contribution in [0.2, 0.25) is 5.02 Å². The topological polar surface area (TPSA) is 66.6 Å². The number of nitrogens with zero attached hydrogens (tertiary/aromatic N) is 2. The van der Waals surface area contributed by atoms with Crippen LogP contribution in [0.15, 0.2) is 34.9 Å². The molecule has 1 N–H and O–H groups in total. The van der Waals surface area contributed by atoms with E-state index in [4.69, 9.17) is 21.1 Å². The lowest BCUT2D eigenvalue weighted by Gasteiger charge is -2.28. The predicted octanol–water partition coefficient (Wildman–Crippen LogP) is 3.29. The molecule has 0 unspecified atom stereocenters. The minimum Gasteiger partial charge on any atom is -0.481 e. The summed E-state index contributed by atoms with van der Waals surface area (Å²) < 4.78 is 5.77. The summed E-state index contributed by atoms with van der Waals surface area (Å²) in [5.41, 5.74) is 0.899. The van der Waals surface area contributed by atoms with Crippen molar-refractivity contribution in [1.29, 1.82) is 0 Å². The third-order valence-electron chi connectivity index (χ3n) is 3.96. The van der Waals surface area contributed by atoms with Gasteiger partial charge < -0.3 is 9.52 Å². The zero-order valence-electron chi connectivity index (χ0n) is 12.0. The number of carboxylic acid groups (broad SMARTS) is 1. The highest BCUT2D eigenvalue weighted by Crippen LogP contribution is 2.25. The van der Waals surface area contributed by atoms with Crippen LogP contribution in [0.4, 0.5) is 0 Å². The average Bonchev–Trinajstić information content (AvgIpc) is 2.96. The molecular weight excluding hydrogens is 304 g/mol. The lowest BCUT2D eigenvalue weighted by Crippen LogP contribution is -2.35. The van der Waals surface area contributed by atoms with Gasteiger partial charge in [-0.2, -0.15) is 0 Å². The first kappa shape index (κ1) is 15.1. The van der Waals surface area contributed by atoms with Gasteiger partial charge in [-0.1, -0.05) is 23.7 Å². The molecule has 0 aliphatic carbocycles. The fourth-order valence-corrected chi connectivity index (χ4v) is 2.88. The van der Waals surface area contributed by atoms with Gasteiger partial charge in [-0.3, -0.25) is 9.69 Å². The summed E-state index contributed by atoms with van der Waals surface area (Å²) in [4.78, 5) is 17.4. The minimum atomic E-state index is -0.695. The van der Waals surface area contributed by atoms with Crippen molar-refractivity contribution in [3.05, 3.63) is 41.4 Å². The van der Waals surface area contributed by atoms with Crippen molar-refractivity contribution in [3.63, 3.8) is 0 Å². The zero-order chi connectivity index (χ0) is 15.5. The van der Waals surface area contributed by atoms with Crippen molar-refractivity contribution in [2.45, 2.75) is 19.4 Å². The Hall–Kier alpha value is -1.85. The lowest BCUT2D eigenvalue weighted by molar-refractivity contribution is -0.143. The number of rotatable bonds is 4. The van der Waals surface area contributed by atoms with E-state index in [0.29, 0.717) is 36.1 Å². The van der Waals surface area contributed by atoms with Crippen molar-refractivity contribution in [1.82, 2.24) is 9.88 Å². The van der Waals surface area contributed by atoms with Crippen LogP contribution < -0.4 is 0 Å². The fourth-order valence-electron chi connectivity index (χ4n) is 2.69. The van der Waals surface area contributed by atoms with Crippen LogP contribution in [0, 0.1) is 5.92 Å². The molecular formula is C16H17ClN2O3. The van der Waals surface area contributed by atoms with E-state index in [-0.39, 0.29) is 5.92 Å². The van der Waals surface area contributed by atoms with E-state index in [9.17, 15) is 4.79 Å². The summed E-state index contributed by atoms with van der Waals surface area (Å²) in [5, 5.41) is 9.66. The second-order valence-corrected chi connectivity index (χ2v) is 5.95. The van der Waals surface area contributed by atoms with Crippen LogP contribution >= 0.6 is 11.6 Å². The van der Waals surface area contributed by atoms with Gasteiger partial charge in [0, 0.05) is 10.6 Å². The normalized spacial score (nSPS) is 16.8. The molecule has 2 heterocycles. The molecule has 0 saturated carbocycles. The molecule has 2 aromatic rings. The number of aromatic nitrogens is 1. The number of hydrogen-bond acceptors (Lipinski definition) is 4. The standard InChI is InChI=1S/C16H17ClN2O3/c17-13-3-1-2-12(8-13)14-9-18-15(22-14)10-19-6-4-11(5-7-19)16(20)21/h1-3,8-9,11H,4-7,10H2,(H,20,21). The number of carbonyl (C=O) groups is 1. The Balaban J connectivity index is 1.62. The molecule has 116 valence electrons. The van der Waals surface area contributed by atoms with Crippen LogP contribution in [0.3, 0.4) is 0 Å². The molecule has 0 radical (unpaired) electrons. The molecule has 0 amide bonds. The number of likely N-dealkylation sites (tertiary alicyclic amines) is 1. The summed E-state index contributed by atoms with van der Waals surface area (Å²) in [6.07, 6.45) is 3.05. The highest BCUT2D eigenvalue weighted by atomic mass is 35.5. The smallest absolute Gasteiger partial charge is 0.306 e. The fraction of sp³-hybridized carbons (Fsp3) is 0.375. The molecule has 1 aliphatic heterocycles. The predicted molar refractivity (Wildman–Crippen MR) is 82.6 cm³/mol. The van der Waals surface area contributed by atoms with Crippen molar-refractivity contribution < 1.29 is 14.3 Å². The second kappa shape index (κ2) is 6.50. The van der Waals surface area contributed by atoms with Crippen LogP contribution in [-0.4, -0.2) is 34.0 Å². The van der Waals surface area contributed by atoms with E-state index in [1.54, 1.807) is 6.20 Å². The number of benzene rings is 1. The molecule has 0 bridgehead atoms. The van der Waals surface area contributed by atoms with E-state index >= 15 is 0 Å². The van der Waals surface area contributed by atoms with E-state index < -0.39 is 5.97 Å². The number of carboxylic acids is 1. The summed E-state index contributed by atoms with van der Waals surface area (Å²) in [5.74, 6) is 0.420. The Morgan fingerprint density at radius 3 is 2.86 bits per heavy atom. The van der Waals surface area contributed by atoms with Crippen LogP contribution in [-0.2, 0) is 11.3 Å². The molecule has 5 nitrogen and oxygen atoms in total. The van der Waals surface area contributed by atoms with E-state index in [2.05, 4.69) is 9.88 Å². The maximum Gasteiger partial charge on any atom is 0.306 e. The van der Waals surface area contributed by atoms with Crippen molar-refractivity contribution in [3.8, 4) is 11.3 Å². The molecule has 1 aromatic heterocycles. The lowest BCUT2D eigenvalue weighted by atomic mass is 9.97. The van der Waals surface area contributed by atoms with Gasteiger partial charge in [0.2, 0.25) is 5.89 Å². The highest BCUT2D eigenvalue weighted by Gasteiger charge is 2.25. The van der Waals surface area contributed by atoms with Crippen molar-refractivity contribution in [2.24, 2.45) is 5.92 Å². The maximum absolute atomic E-state index is 10.9. The molecule has 0 spiro atoms. The van der Waals surface area contributed by atoms with Crippen LogP contribution in [0.5, 0.6) is 0 Å². The Kier molecular flexibility index (Phi) is 4.45. The van der Waals surface area contributed by atoms with Crippen LogP contribution in [0.1, 0.15) is 18.7 Å². The van der Waals surface area contributed by atoms with Crippen molar-refractivity contribution >= 4 is 17.6 Å². The highest BCUT2D eigenvalue weighted by molar-refractivity contribution is 6.30. The maximum atomic E-state index is 10.9. The first-order valence-electron chi connectivity index (χ1n) is 7.27. The number of aliphatic carboxylic acids is 1. The number of hydrogen-bond donors (Lipinski definition) is 1. The van der Waals surface area contributed by atoms with Gasteiger partial charge in [-0.25, -0.2) is 4.98 Å². The molecule has 22 heavy (non-hydrogen) atoms. The minimum absolute atomic E-state index is 0.220. The third kappa shape index (κ3) is 3.48. The molecule has 0 atom stereocenters. The van der Waals surface area contributed by atoms with Gasteiger partial charge in [0.1, 0.15) is 0 Å². The van der Waals surface area contributed by atoms with E-state index in [0.717, 1.165) is 18.7 Å². The SMILES string of the molecule is O=C(O)C1CCN(Cc2ncc(-c3cccc(Cl)c3)o2)CC1. The Morgan fingerprint density at radius 1 is 1.41 bits per heavy atom. The number of halogens is 1. The van der Waals surface area contributed by atoms with Crippen molar-refractivity contribution in [2.75, 3.05) is 13.1 Å². The summed E-state index contributed by atoms with van der Waals surface area (Å²) in [6, 6.07) is 7.45. The molecule has 1 saturated heterocycles. The first-order valence-corrected chi connectivity index (χ1v) is 7.65. The molecule has 1 aliphatic rings. The average molecular weight is 321 g/mol. The summed E-state index contributed by atoms with van der Waals surface area (Å²) in [6.45, 7) is 2.12. The quantitative estimate of drug-likeness (QED) is 0.936. The largest absolute Gasteiger partial charge is 0.481 e. The first-order chi connectivity index (χ1) is 10.6. The van der Waals surface area contributed by atoms with E-state index in [1.165, 1.54) is 0 Å². The molecule has 3 rings (SSSR count). The number of piperidine rings is 1. The van der Waals surface area contributed by atoms with Gasteiger partial charge in [-0.05, 0) is 38.1 Å². The molecule has 1 fully saturated rings. The van der Waals surface area contributed by atoms with Gasteiger partial charge in [0.25, 0.3) is 0 Å².